The summed E-state index contributed by atoms with van der Waals surface area (Å²) in [5.41, 5.74) is 0.195. The molecule has 0 aromatic carbocycles. The van der Waals surface area contributed by atoms with E-state index in [4.69, 9.17) is 9.84 Å². The van der Waals surface area contributed by atoms with Gasteiger partial charge in [0, 0.05) is 57.0 Å². The predicted octanol–water partition coefficient (Wildman–Crippen LogP) is 1.02. The van der Waals surface area contributed by atoms with E-state index >= 15 is 0 Å². The molecule has 0 saturated carbocycles. The highest BCUT2D eigenvalue weighted by Gasteiger charge is 2.30. The molecule has 0 aliphatic carbocycles. The average molecular weight is 460 g/mol. The zero-order valence-corrected chi connectivity index (χ0v) is 19.2. The molecule has 2 N–H and O–H groups in total. The van der Waals surface area contributed by atoms with Gasteiger partial charge in [0.25, 0.3) is 0 Å². The van der Waals surface area contributed by atoms with Gasteiger partial charge in [-0.1, -0.05) is 0 Å². The third kappa shape index (κ3) is 6.25. The fourth-order valence-electron chi connectivity index (χ4n) is 3.31. The molecular formula is C21H29N7O5. The van der Waals surface area contributed by atoms with Crippen molar-refractivity contribution in [2.75, 3.05) is 43.1 Å². The summed E-state index contributed by atoms with van der Waals surface area (Å²) in [6, 6.07) is -0.309. The number of aromatic carboxylic acids is 1. The number of carboxylic acids is 1. The summed E-state index contributed by atoms with van der Waals surface area (Å²) in [5, 5.41) is 18.9. The van der Waals surface area contributed by atoms with E-state index in [1.165, 1.54) is 17.3 Å². The van der Waals surface area contributed by atoms with Crippen LogP contribution in [-0.2, 0) is 11.3 Å². The highest BCUT2D eigenvalue weighted by Crippen LogP contribution is 2.20. The van der Waals surface area contributed by atoms with E-state index in [2.05, 4.69) is 19.9 Å². The lowest BCUT2D eigenvalue weighted by Gasteiger charge is -2.40. The minimum atomic E-state index is -1.09. The Balaban J connectivity index is 1.62. The molecule has 12 nitrogen and oxygen atoms in total. The molecule has 0 spiro atoms. The first-order chi connectivity index (χ1) is 15.6. The van der Waals surface area contributed by atoms with Gasteiger partial charge in [-0.3, -0.25) is 0 Å². The molecule has 2 aromatic rings. The van der Waals surface area contributed by atoms with Crippen molar-refractivity contribution in [1.82, 2.24) is 24.8 Å². The van der Waals surface area contributed by atoms with Crippen LogP contribution >= 0.6 is 0 Å². The maximum atomic E-state index is 12.1. The van der Waals surface area contributed by atoms with Crippen molar-refractivity contribution < 1.29 is 24.5 Å². The number of rotatable bonds is 6. The number of carbonyl (C=O) groups is 2. The van der Waals surface area contributed by atoms with Crippen molar-refractivity contribution in [1.29, 1.82) is 0 Å². The molecule has 1 atom stereocenters. The van der Waals surface area contributed by atoms with E-state index < -0.39 is 17.7 Å². The molecule has 1 saturated heterocycles. The number of carbonyl (C=O) groups excluding carboxylic acids is 1. The Morgan fingerprint density at radius 2 is 1.70 bits per heavy atom. The van der Waals surface area contributed by atoms with Crippen LogP contribution in [0, 0.1) is 0 Å². The molecule has 178 valence electrons. The van der Waals surface area contributed by atoms with E-state index in [0.717, 1.165) is 5.56 Å². The van der Waals surface area contributed by atoms with Crippen LogP contribution in [0.5, 0.6) is 0 Å². The van der Waals surface area contributed by atoms with E-state index in [-0.39, 0.29) is 18.2 Å². The fourth-order valence-corrected chi connectivity index (χ4v) is 3.31. The van der Waals surface area contributed by atoms with Crippen LogP contribution in [0.2, 0.25) is 0 Å². The molecule has 0 unspecified atom stereocenters. The van der Waals surface area contributed by atoms with Gasteiger partial charge in [-0.05, 0) is 20.8 Å². The number of ether oxygens (including phenoxy) is 1. The van der Waals surface area contributed by atoms with Crippen molar-refractivity contribution >= 4 is 24.0 Å². The number of nitrogens with zero attached hydrogens (tertiary/aromatic N) is 7. The first-order valence-electron chi connectivity index (χ1n) is 10.5. The van der Waals surface area contributed by atoms with Gasteiger partial charge in [0.2, 0.25) is 11.9 Å². The van der Waals surface area contributed by atoms with Crippen molar-refractivity contribution in [3.8, 4) is 0 Å². The predicted molar refractivity (Wildman–Crippen MR) is 119 cm³/mol. The summed E-state index contributed by atoms with van der Waals surface area (Å²) in [4.78, 5) is 45.5. The lowest BCUT2D eigenvalue weighted by atomic mass is 10.2. The van der Waals surface area contributed by atoms with Gasteiger partial charge in [0.1, 0.15) is 5.60 Å². The topological polar surface area (TPSA) is 145 Å². The molecule has 3 heterocycles. The van der Waals surface area contributed by atoms with Crippen LogP contribution < -0.4 is 9.80 Å². The molecule has 1 aliphatic heterocycles. The molecule has 0 bridgehead atoms. The maximum absolute atomic E-state index is 12.1. The number of carboxylic acid groups (broad SMARTS) is 1. The summed E-state index contributed by atoms with van der Waals surface area (Å²) >= 11 is 0. The van der Waals surface area contributed by atoms with Crippen molar-refractivity contribution in [3.63, 3.8) is 0 Å². The Morgan fingerprint density at radius 3 is 2.24 bits per heavy atom. The summed E-state index contributed by atoms with van der Waals surface area (Å²) in [6.07, 6.45) is 5.41. The van der Waals surface area contributed by atoms with Gasteiger partial charge in [0.15, 0.2) is 0 Å². The largest absolute Gasteiger partial charge is 0.478 e. The number of aliphatic hydroxyl groups excluding tert-OH is 1. The normalized spacial score (nSPS) is 16.5. The molecule has 1 fully saturated rings. The Morgan fingerprint density at radius 1 is 1.09 bits per heavy atom. The van der Waals surface area contributed by atoms with Gasteiger partial charge in [0.05, 0.1) is 24.8 Å². The number of anilines is 2. The molecule has 12 heteroatoms. The second kappa shape index (κ2) is 9.94. The zero-order chi connectivity index (χ0) is 24.2. The second-order valence-electron chi connectivity index (χ2n) is 8.78. The maximum Gasteiger partial charge on any atom is 0.410 e. The van der Waals surface area contributed by atoms with Crippen LogP contribution in [0.1, 0.15) is 36.7 Å². The SMILES string of the molecule is CN(Cc1cnc(N2CCN(c3ncc(C(=O)O)cn3)[C@@H](CO)C2)nc1)C(=O)OC(C)(C)C. The minimum Gasteiger partial charge on any atom is -0.478 e. The molecule has 1 amide bonds. The second-order valence-corrected chi connectivity index (χ2v) is 8.78. The Kier molecular flexibility index (Phi) is 7.26. The first kappa shape index (κ1) is 24.1. The average Bonchev–Trinajstić information content (AvgIpc) is 2.78. The molecule has 2 aromatic heterocycles. The van der Waals surface area contributed by atoms with Gasteiger partial charge < -0.3 is 29.6 Å². The Hall–Kier alpha value is -3.54. The van der Waals surface area contributed by atoms with Crippen LogP contribution in [-0.4, -0.2) is 92.0 Å². The van der Waals surface area contributed by atoms with E-state index in [0.29, 0.717) is 38.1 Å². The Labute approximate surface area is 191 Å². The summed E-state index contributed by atoms with van der Waals surface area (Å²) in [7, 11) is 1.65. The molecule has 0 radical (unpaired) electrons. The van der Waals surface area contributed by atoms with E-state index in [9.17, 15) is 14.7 Å². The molecule has 33 heavy (non-hydrogen) atoms. The van der Waals surface area contributed by atoms with Gasteiger partial charge in [-0.15, -0.1) is 0 Å². The zero-order valence-electron chi connectivity index (χ0n) is 19.2. The summed E-state index contributed by atoms with van der Waals surface area (Å²) < 4.78 is 5.35. The van der Waals surface area contributed by atoms with Crippen LogP contribution in [0.3, 0.4) is 0 Å². The molecule has 1 aliphatic rings. The summed E-state index contributed by atoms with van der Waals surface area (Å²) in [5.74, 6) is -0.220. The van der Waals surface area contributed by atoms with Crippen molar-refractivity contribution in [2.45, 2.75) is 39.0 Å². The number of aliphatic hydroxyl groups is 1. The minimum absolute atomic E-state index is 0.00346. The lowest BCUT2D eigenvalue weighted by Crippen LogP contribution is -2.56. The van der Waals surface area contributed by atoms with E-state index in [1.807, 2.05) is 30.6 Å². The number of aromatic nitrogens is 4. The molecule has 3 rings (SSSR count). The number of piperazine rings is 1. The van der Waals surface area contributed by atoms with Gasteiger partial charge in [-0.25, -0.2) is 29.5 Å². The Bertz CT molecular complexity index is 962. The van der Waals surface area contributed by atoms with Crippen molar-refractivity contribution in [3.05, 3.63) is 35.9 Å². The van der Waals surface area contributed by atoms with Crippen molar-refractivity contribution in [2.24, 2.45) is 0 Å². The number of hydrogen-bond donors (Lipinski definition) is 2. The third-order valence-corrected chi connectivity index (χ3v) is 4.93. The van der Waals surface area contributed by atoms with Crippen LogP contribution in [0.4, 0.5) is 16.7 Å². The lowest BCUT2D eigenvalue weighted by molar-refractivity contribution is 0.0284. The van der Waals surface area contributed by atoms with Crippen LogP contribution in [0.15, 0.2) is 24.8 Å². The van der Waals surface area contributed by atoms with E-state index in [1.54, 1.807) is 19.4 Å². The standard InChI is InChI=1S/C21H29N7O5/c1-21(2,3)33-20(32)26(4)11-14-7-22-18(23-8-14)27-5-6-28(16(12-27)13-29)19-24-9-15(10-25-19)17(30)31/h7-10,16,29H,5-6,11-13H2,1-4H3,(H,30,31)/t16-/m1/s1. The van der Waals surface area contributed by atoms with Crippen LogP contribution in [0.25, 0.3) is 0 Å². The quantitative estimate of drug-likeness (QED) is 0.638. The summed E-state index contributed by atoms with van der Waals surface area (Å²) in [6.45, 7) is 7.12. The number of amides is 1. The van der Waals surface area contributed by atoms with Gasteiger partial charge in [-0.2, -0.15) is 0 Å². The highest BCUT2D eigenvalue weighted by molar-refractivity contribution is 5.86. The highest BCUT2D eigenvalue weighted by atomic mass is 16.6. The molecular weight excluding hydrogens is 430 g/mol. The third-order valence-electron chi connectivity index (χ3n) is 4.93. The smallest absolute Gasteiger partial charge is 0.410 e. The number of hydrogen-bond acceptors (Lipinski definition) is 10. The monoisotopic (exact) mass is 459 g/mol. The fraction of sp³-hybridized carbons (Fsp3) is 0.524. The van der Waals surface area contributed by atoms with Gasteiger partial charge >= 0.3 is 12.1 Å². The first-order valence-corrected chi connectivity index (χ1v) is 10.5.